The fourth-order valence-electron chi connectivity index (χ4n) is 2.81. The number of carbonyl (C=O) groups excluding carboxylic acids is 2. The summed E-state index contributed by atoms with van der Waals surface area (Å²) in [5, 5.41) is 9.76. The van der Waals surface area contributed by atoms with E-state index in [0.29, 0.717) is 28.7 Å². The van der Waals surface area contributed by atoms with E-state index in [1.165, 1.54) is 4.90 Å². The topological polar surface area (TPSA) is 87.3 Å². The highest BCUT2D eigenvalue weighted by atomic mass is 16.5. The predicted octanol–water partition coefficient (Wildman–Crippen LogP) is 2.60. The molecule has 0 saturated heterocycles. The Kier molecular flexibility index (Phi) is 4.48. The molecule has 1 aliphatic heterocycles. The molecule has 1 atom stereocenters. The molecule has 1 aromatic carbocycles. The number of H-pyrrole nitrogens is 1. The van der Waals surface area contributed by atoms with Gasteiger partial charge in [-0.05, 0) is 43.5 Å². The third kappa shape index (κ3) is 3.50. The Bertz CT molecular complexity index is 812. The average Bonchev–Trinajstić information content (AvgIpc) is 3.01. The maximum absolute atomic E-state index is 12.4. The van der Waals surface area contributed by atoms with E-state index in [0.717, 1.165) is 12.1 Å². The number of hydrogen-bond donors (Lipinski definition) is 2. The molecule has 25 heavy (non-hydrogen) atoms. The molecular formula is C18H22N4O3. The monoisotopic (exact) mass is 342 g/mol. The van der Waals surface area contributed by atoms with Crippen LogP contribution in [0.2, 0.25) is 0 Å². The molecule has 132 valence electrons. The first-order valence-corrected chi connectivity index (χ1v) is 8.29. The van der Waals surface area contributed by atoms with Crippen LogP contribution >= 0.6 is 0 Å². The maximum Gasteiger partial charge on any atom is 0.276 e. The Hall–Kier alpha value is -2.83. The first-order valence-electron chi connectivity index (χ1n) is 8.29. The number of amides is 2. The minimum absolute atomic E-state index is 0.124. The summed E-state index contributed by atoms with van der Waals surface area (Å²) in [5.74, 6) is 0.672. The number of nitrogens with one attached hydrogen (secondary N) is 2. The van der Waals surface area contributed by atoms with Crippen molar-refractivity contribution in [3.8, 4) is 5.75 Å². The van der Waals surface area contributed by atoms with Gasteiger partial charge in [-0.2, -0.15) is 5.10 Å². The number of benzene rings is 1. The molecule has 1 aromatic heterocycles. The lowest BCUT2D eigenvalue weighted by atomic mass is 10.1. The number of aromatic nitrogens is 2. The number of hydrogen-bond acceptors (Lipinski definition) is 4. The predicted molar refractivity (Wildman–Crippen MR) is 95.0 cm³/mol. The van der Waals surface area contributed by atoms with E-state index in [-0.39, 0.29) is 11.8 Å². The van der Waals surface area contributed by atoms with Crippen LogP contribution in [0.15, 0.2) is 24.3 Å². The van der Waals surface area contributed by atoms with E-state index in [9.17, 15) is 9.59 Å². The Balaban J connectivity index is 1.76. The largest absolute Gasteiger partial charge is 0.479 e. The van der Waals surface area contributed by atoms with Crippen LogP contribution in [0.25, 0.3) is 0 Å². The van der Waals surface area contributed by atoms with Crippen LogP contribution in [0.5, 0.6) is 5.75 Å². The van der Waals surface area contributed by atoms with Crippen molar-refractivity contribution in [2.75, 3.05) is 17.3 Å². The van der Waals surface area contributed by atoms with Crippen LogP contribution in [-0.4, -0.2) is 35.2 Å². The molecule has 0 aliphatic carbocycles. The number of ether oxygens (including phenoxy) is 1. The van der Waals surface area contributed by atoms with E-state index in [4.69, 9.17) is 4.74 Å². The van der Waals surface area contributed by atoms with Crippen molar-refractivity contribution in [1.82, 2.24) is 10.2 Å². The highest BCUT2D eigenvalue weighted by Gasteiger charge is 2.29. The van der Waals surface area contributed by atoms with Gasteiger partial charge in [0.25, 0.3) is 11.8 Å². The molecular weight excluding hydrogens is 320 g/mol. The van der Waals surface area contributed by atoms with Gasteiger partial charge in [0, 0.05) is 18.4 Å². The molecule has 0 spiro atoms. The van der Waals surface area contributed by atoms with Gasteiger partial charge in [0.2, 0.25) is 0 Å². The van der Waals surface area contributed by atoms with Crippen molar-refractivity contribution in [3.05, 3.63) is 35.7 Å². The van der Waals surface area contributed by atoms with Crippen molar-refractivity contribution >= 4 is 23.2 Å². The zero-order valence-corrected chi connectivity index (χ0v) is 14.8. The van der Waals surface area contributed by atoms with E-state index in [2.05, 4.69) is 29.4 Å². The van der Waals surface area contributed by atoms with Gasteiger partial charge in [0.1, 0.15) is 5.75 Å². The molecule has 0 saturated carbocycles. The minimum Gasteiger partial charge on any atom is -0.479 e. The smallest absolute Gasteiger partial charge is 0.276 e. The Labute approximate surface area is 146 Å². The van der Waals surface area contributed by atoms with Crippen molar-refractivity contribution in [2.45, 2.75) is 33.3 Å². The standard InChI is InChI=1S/C18H22N4O3/c1-10(2)7-13-8-14(21-20-13)17(23)19-12-5-6-16-15(9-12)22(4)18(24)11(3)25-16/h5-6,8-11H,7H2,1-4H3,(H,19,23)(H,20,21). The second-order valence-electron chi connectivity index (χ2n) is 6.67. The fourth-order valence-corrected chi connectivity index (χ4v) is 2.81. The van der Waals surface area contributed by atoms with Crippen LogP contribution < -0.4 is 15.0 Å². The normalized spacial score (nSPS) is 16.6. The number of rotatable bonds is 4. The van der Waals surface area contributed by atoms with Gasteiger partial charge in [-0.25, -0.2) is 0 Å². The summed E-state index contributed by atoms with van der Waals surface area (Å²) in [7, 11) is 1.69. The Morgan fingerprint density at radius 1 is 1.40 bits per heavy atom. The molecule has 7 heteroatoms. The zero-order valence-electron chi connectivity index (χ0n) is 14.8. The van der Waals surface area contributed by atoms with Crippen molar-refractivity contribution < 1.29 is 14.3 Å². The van der Waals surface area contributed by atoms with Crippen molar-refractivity contribution in [3.63, 3.8) is 0 Å². The Morgan fingerprint density at radius 2 is 2.16 bits per heavy atom. The van der Waals surface area contributed by atoms with Crippen LogP contribution in [-0.2, 0) is 11.2 Å². The maximum atomic E-state index is 12.4. The van der Waals surface area contributed by atoms with Gasteiger partial charge in [-0.3, -0.25) is 14.7 Å². The highest BCUT2D eigenvalue weighted by Crippen LogP contribution is 2.35. The summed E-state index contributed by atoms with van der Waals surface area (Å²) in [6.07, 6.45) is 0.322. The lowest BCUT2D eigenvalue weighted by molar-refractivity contribution is -0.125. The van der Waals surface area contributed by atoms with Crippen LogP contribution in [0.4, 0.5) is 11.4 Å². The quantitative estimate of drug-likeness (QED) is 0.894. The first kappa shape index (κ1) is 17.0. The molecule has 1 unspecified atom stereocenters. The van der Waals surface area contributed by atoms with Crippen molar-refractivity contribution in [1.29, 1.82) is 0 Å². The number of fused-ring (bicyclic) bond motifs is 1. The van der Waals surface area contributed by atoms with Gasteiger partial charge in [-0.1, -0.05) is 13.8 Å². The minimum atomic E-state index is -0.513. The number of carbonyl (C=O) groups is 2. The summed E-state index contributed by atoms with van der Waals surface area (Å²) in [6.45, 7) is 5.92. The summed E-state index contributed by atoms with van der Waals surface area (Å²) >= 11 is 0. The molecule has 2 N–H and O–H groups in total. The summed E-state index contributed by atoms with van der Waals surface area (Å²) in [5.41, 5.74) is 2.47. The fraction of sp³-hybridized carbons (Fsp3) is 0.389. The van der Waals surface area contributed by atoms with E-state index in [1.54, 1.807) is 38.2 Å². The molecule has 0 bridgehead atoms. The lowest BCUT2D eigenvalue weighted by Crippen LogP contribution is -2.41. The van der Waals surface area contributed by atoms with Gasteiger partial charge >= 0.3 is 0 Å². The zero-order chi connectivity index (χ0) is 18.1. The third-order valence-electron chi connectivity index (χ3n) is 4.05. The van der Waals surface area contributed by atoms with E-state index in [1.807, 2.05) is 0 Å². The molecule has 2 heterocycles. The number of likely N-dealkylation sites (N-methyl/N-ethyl adjacent to an activating group) is 1. The third-order valence-corrected chi connectivity index (χ3v) is 4.05. The molecule has 3 rings (SSSR count). The average molecular weight is 342 g/mol. The lowest BCUT2D eigenvalue weighted by Gasteiger charge is -2.30. The van der Waals surface area contributed by atoms with E-state index < -0.39 is 6.10 Å². The molecule has 0 radical (unpaired) electrons. The molecule has 0 fully saturated rings. The summed E-state index contributed by atoms with van der Waals surface area (Å²) in [4.78, 5) is 25.9. The highest BCUT2D eigenvalue weighted by molar-refractivity contribution is 6.04. The van der Waals surface area contributed by atoms with Gasteiger partial charge in [0.05, 0.1) is 5.69 Å². The van der Waals surface area contributed by atoms with Gasteiger partial charge in [-0.15, -0.1) is 0 Å². The van der Waals surface area contributed by atoms with E-state index >= 15 is 0 Å². The first-order chi connectivity index (χ1) is 11.8. The number of aromatic amines is 1. The molecule has 2 aromatic rings. The second kappa shape index (κ2) is 6.58. The van der Waals surface area contributed by atoms with Gasteiger partial charge < -0.3 is 15.0 Å². The summed E-state index contributed by atoms with van der Waals surface area (Å²) < 4.78 is 5.58. The summed E-state index contributed by atoms with van der Waals surface area (Å²) in [6, 6.07) is 6.97. The van der Waals surface area contributed by atoms with Crippen LogP contribution in [0, 0.1) is 5.92 Å². The SMILES string of the molecule is CC(C)Cc1cc(C(=O)Nc2ccc3c(c2)N(C)C(=O)C(C)O3)n[nH]1. The van der Waals surface area contributed by atoms with Gasteiger partial charge in [0.15, 0.2) is 11.8 Å². The molecule has 2 amide bonds. The van der Waals surface area contributed by atoms with Crippen LogP contribution in [0.1, 0.15) is 37.0 Å². The Morgan fingerprint density at radius 3 is 2.88 bits per heavy atom. The number of nitrogens with zero attached hydrogens (tertiary/aromatic N) is 2. The van der Waals surface area contributed by atoms with Crippen LogP contribution in [0.3, 0.4) is 0 Å². The van der Waals surface area contributed by atoms with Crippen molar-refractivity contribution in [2.24, 2.45) is 5.92 Å². The number of anilines is 2. The molecule has 1 aliphatic rings. The second-order valence-corrected chi connectivity index (χ2v) is 6.67. The molecule has 7 nitrogen and oxygen atoms in total.